The highest BCUT2D eigenvalue weighted by atomic mass is 79.9. The van der Waals surface area contributed by atoms with Crippen molar-refractivity contribution >= 4 is 21.7 Å². The largest absolute Gasteiger partial charge is 0.507 e. The Labute approximate surface area is 88.9 Å². The molecular weight excluding hydrogens is 246 g/mol. The summed E-state index contributed by atoms with van der Waals surface area (Å²) in [5, 5.41) is 16.2. The quantitative estimate of drug-likeness (QED) is 0.729. The van der Waals surface area contributed by atoms with Crippen molar-refractivity contribution in [2.45, 2.75) is 0 Å². The van der Waals surface area contributed by atoms with E-state index in [4.69, 9.17) is 5.73 Å². The van der Waals surface area contributed by atoms with Gasteiger partial charge in [-0.2, -0.15) is 5.10 Å². The van der Waals surface area contributed by atoms with Gasteiger partial charge in [-0.15, -0.1) is 0 Å². The molecule has 0 bridgehead atoms. The molecule has 14 heavy (non-hydrogen) atoms. The Kier molecular flexibility index (Phi) is 2.17. The lowest BCUT2D eigenvalue weighted by Gasteiger charge is -2.01. The van der Waals surface area contributed by atoms with Gasteiger partial charge >= 0.3 is 0 Å². The number of halogens is 1. The van der Waals surface area contributed by atoms with Gasteiger partial charge in [-0.05, 0) is 18.2 Å². The third kappa shape index (κ3) is 1.58. The predicted molar refractivity (Wildman–Crippen MR) is 57.8 cm³/mol. The van der Waals surface area contributed by atoms with E-state index < -0.39 is 0 Å². The highest BCUT2D eigenvalue weighted by Crippen LogP contribution is 2.30. The van der Waals surface area contributed by atoms with Crippen LogP contribution in [0.4, 0.5) is 5.82 Å². The van der Waals surface area contributed by atoms with Crippen LogP contribution in [-0.2, 0) is 0 Å². The number of rotatable bonds is 1. The summed E-state index contributed by atoms with van der Waals surface area (Å²) in [6.45, 7) is 0. The lowest BCUT2D eigenvalue weighted by Crippen LogP contribution is -1.81. The number of hydrogen-bond acceptors (Lipinski definition) is 3. The average molecular weight is 254 g/mol. The van der Waals surface area contributed by atoms with Crippen molar-refractivity contribution < 1.29 is 5.11 Å². The zero-order chi connectivity index (χ0) is 10.1. The van der Waals surface area contributed by atoms with Gasteiger partial charge < -0.3 is 10.8 Å². The molecule has 4 nitrogen and oxygen atoms in total. The number of aromatic amines is 1. The maximum Gasteiger partial charge on any atom is 0.145 e. The number of aromatic hydroxyl groups is 1. The first-order chi connectivity index (χ1) is 6.66. The van der Waals surface area contributed by atoms with Gasteiger partial charge in [0.1, 0.15) is 11.6 Å². The van der Waals surface area contributed by atoms with Crippen LogP contribution in [0.15, 0.2) is 28.7 Å². The lowest BCUT2D eigenvalue weighted by molar-refractivity contribution is 0.476. The molecule has 2 rings (SSSR count). The first kappa shape index (κ1) is 9.08. The molecule has 2 aromatic rings. The number of nitrogen functional groups attached to an aromatic ring is 1. The number of nitrogens with zero attached hydrogens (tertiary/aromatic N) is 1. The van der Waals surface area contributed by atoms with Gasteiger partial charge in [-0.1, -0.05) is 15.9 Å². The summed E-state index contributed by atoms with van der Waals surface area (Å²) >= 11 is 3.26. The molecule has 0 aliphatic rings. The second-order valence-corrected chi connectivity index (χ2v) is 3.78. The lowest BCUT2D eigenvalue weighted by atomic mass is 10.1. The number of phenols is 1. The van der Waals surface area contributed by atoms with Gasteiger partial charge in [0.2, 0.25) is 0 Å². The maximum atomic E-state index is 9.64. The molecule has 5 heteroatoms. The third-order valence-corrected chi connectivity index (χ3v) is 2.34. The summed E-state index contributed by atoms with van der Waals surface area (Å²) in [5.41, 5.74) is 6.84. The topological polar surface area (TPSA) is 74.9 Å². The minimum atomic E-state index is 0.183. The Balaban J connectivity index is 2.52. The van der Waals surface area contributed by atoms with E-state index >= 15 is 0 Å². The highest BCUT2D eigenvalue weighted by Gasteiger charge is 2.06. The molecule has 0 saturated carbocycles. The molecule has 72 valence electrons. The molecule has 1 aromatic heterocycles. The summed E-state index contributed by atoms with van der Waals surface area (Å²) < 4.78 is 0.825. The van der Waals surface area contributed by atoms with Crippen molar-refractivity contribution in [2.24, 2.45) is 0 Å². The fourth-order valence-corrected chi connectivity index (χ4v) is 1.56. The standard InChI is InChI=1S/C9H8BrN3O/c10-5-1-2-6(8(14)3-5)7-4-9(11)13-12-7/h1-4,14H,(H3,11,12,13). The zero-order valence-electron chi connectivity index (χ0n) is 7.16. The number of benzene rings is 1. The van der Waals surface area contributed by atoms with Crippen molar-refractivity contribution in [2.75, 3.05) is 5.73 Å². The second kappa shape index (κ2) is 3.34. The second-order valence-electron chi connectivity index (χ2n) is 2.87. The van der Waals surface area contributed by atoms with Gasteiger partial charge in [-0.25, -0.2) is 0 Å². The van der Waals surface area contributed by atoms with E-state index in [1.165, 1.54) is 0 Å². The number of aromatic nitrogens is 2. The van der Waals surface area contributed by atoms with Gasteiger partial charge in [0.05, 0.1) is 5.69 Å². The van der Waals surface area contributed by atoms with Gasteiger partial charge in [-0.3, -0.25) is 5.10 Å². The predicted octanol–water partition coefficient (Wildman–Crippen LogP) is 2.13. The highest BCUT2D eigenvalue weighted by molar-refractivity contribution is 9.10. The smallest absolute Gasteiger partial charge is 0.145 e. The van der Waals surface area contributed by atoms with Crippen LogP contribution >= 0.6 is 15.9 Å². The average Bonchev–Trinajstić information content (AvgIpc) is 2.51. The Morgan fingerprint density at radius 1 is 1.36 bits per heavy atom. The van der Waals surface area contributed by atoms with Crippen LogP contribution in [0.5, 0.6) is 5.75 Å². The normalized spacial score (nSPS) is 10.4. The van der Waals surface area contributed by atoms with Gasteiger partial charge in [0, 0.05) is 16.1 Å². The molecule has 0 spiro atoms. The van der Waals surface area contributed by atoms with Gasteiger partial charge in [0.25, 0.3) is 0 Å². The molecule has 1 aromatic carbocycles. The van der Waals surface area contributed by atoms with E-state index in [1.54, 1.807) is 18.2 Å². The van der Waals surface area contributed by atoms with E-state index in [0.717, 1.165) is 4.47 Å². The van der Waals surface area contributed by atoms with Gasteiger partial charge in [0.15, 0.2) is 0 Å². The molecule has 0 unspecified atom stereocenters. The maximum absolute atomic E-state index is 9.64. The summed E-state index contributed by atoms with van der Waals surface area (Å²) in [6.07, 6.45) is 0. The number of anilines is 1. The Morgan fingerprint density at radius 2 is 2.14 bits per heavy atom. The van der Waals surface area contributed by atoms with Crippen LogP contribution in [0.25, 0.3) is 11.3 Å². The van der Waals surface area contributed by atoms with Crippen LogP contribution < -0.4 is 5.73 Å². The van der Waals surface area contributed by atoms with Crippen LogP contribution in [0.3, 0.4) is 0 Å². The molecule has 0 amide bonds. The van der Waals surface area contributed by atoms with Crippen molar-refractivity contribution in [3.8, 4) is 17.0 Å². The third-order valence-electron chi connectivity index (χ3n) is 1.85. The zero-order valence-corrected chi connectivity index (χ0v) is 8.75. The molecule has 0 atom stereocenters. The molecule has 0 saturated heterocycles. The number of H-pyrrole nitrogens is 1. The first-order valence-corrected chi connectivity index (χ1v) is 4.76. The molecule has 0 radical (unpaired) electrons. The van der Waals surface area contributed by atoms with Crippen molar-refractivity contribution in [3.05, 3.63) is 28.7 Å². The first-order valence-electron chi connectivity index (χ1n) is 3.96. The molecule has 0 fully saturated rings. The minimum absolute atomic E-state index is 0.183. The van der Waals surface area contributed by atoms with E-state index in [0.29, 0.717) is 17.1 Å². The Morgan fingerprint density at radius 3 is 2.71 bits per heavy atom. The molecule has 4 N–H and O–H groups in total. The minimum Gasteiger partial charge on any atom is -0.507 e. The summed E-state index contributed by atoms with van der Waals surface area (Å²) in [4.78, 5) is 0. The van der Waals surface area contributed by atoms with Crippen molar-refractivity contribution in [1.29, 1.82) is 0 Å². The summed E-state index contributed by atoms with van der Waals surface area (Å²) in [7, 11) is 0. The Bertz CT molecular complexity index is 467. The van der Waals surface area contributed by atoms with E-state index in [9.17, 15) is 5.11 Å². The molecule has 0 aliphatic carbocycles. The molecular formula is C9H8BrN3O. The number of nitrogens with one attached hydrogen (secondary N) is 1. The number of nitrogens with two attached hydrogens (primary N) is 1. The van der Waals surface area contributed by atoms with E-state index in [1.807, 2.05) is 6.07 Å². The monoisotopic (exact) mass is 253 g/mol. The van der Waals surface area contributed by atoms with Crippen LogP contribution in [-0.4, -0.2) is 15.3 Å². The fourth-order valence-electron chi connectivity index (χ4n) is 1.21. The van der Waals surface area contributed by atoms with Crippen LogP contribution in [0, 0.1) is 0 Å². The van der Waals surface area contributed by atoms with E-state index in [2.05, 4.69) is 26.1 Å². The number of phenolic OH excluding ortho intramolecular Hbond substituents is 1. The van der Waals surface area contributed by atoms with Crippen molar-refractivity contribution in [1.82, 2.24) is 10.2 Å². The Hall–Kier alpha value is -1.49. The van der Waals surface area contributed by atoms with Crippen molar-refractivity contribution in [3.63, 3.8) is 0 Å². The summed E-state index contributed by atoms with van der Waals surface area (Å²) in [5.74, 6) is 0.588. The van der Waals surface area contributed by atoms with Crippen LogP contribution in [0.1, 0.15) is 0 Å². The molecule has 1 heterocycles. The fraction of sp³-hybridized carbons (Fsp3) is 0. The SMILES string of the molecule is Nc1cc(-c2ccc(Br)cc2O)[nH]n1. The number of hydrogen-bond donors (Lipinski definition) is 3. The summed E-state index contributed by atoms with van der Waals surface area (Å²) in [6, 6.07) is 6.91. The van der Waals surface area contributed by atoms with Crippen LogP contribution in [0.2, 0.25) is 0 Å². The van der Waals surface area contributed by atoms with E-state index in [-0.39, 0.29) is 5.75 Å². The molecule has 0 aliphatic heterocycles.